The van der Waals surface area contributed by atoms with Crippen molar-refractivity contribution in [1.29, 1.82) is 0 Å². The maximum absolute atomic E-state index is 2.56. The number of anilines is 6. The minimum Gasteiger partial charge on any atom is -0.310 e. The lowest BCUT2D eigenvalue weighted by Gasteiger charge is -2.45. The number of hydrogen-bond acceptors (Lipinski definition) is 2. The molecule has 1 heterocycles. The molecule has 67 heavy (non-hydrogen) atoms. The molecule has 0 aromatic heterocycles. The van der Waals surface area contributed by atoms with Crippen molar-refractivity contribution < 1.29 is 0 Å². The van der Waals surface area contributed by atoms with Gasteiger partial charge in [-0.1, -0.05) is 224 Å². The van der Waals surface area contributed by atoms with Crippen LogP contribution in [0.4, 0.5) is 34.1 Å². The normalized spacial score (nSPS) is 12.9. The van der Waals surface area contributed by atoms with Crippen LogP contribution in [0, 0.1) is 0 Å². The molecule has 2 aliphatic rings. The lowest BCUT2D eigenvalue weighted by Crippen LogP contribution is -2.36. The Morgan fingerprint density at radius 2 is 0.731 bits per heavy atom. The van der Waals surface area contributed by atoms with Crippen molar-refractivity contribution in [2.45, 2.75) is 5.41 Å². The summed E-state index contributed by atoms with van der Waals surface area (Å²) >= 11 is 0. The highest BCUT2D eigenvalue weighted by molar-refractivity contribution is 6.06. The third-order valence-electron chi connectivity index (χ3n) is 14.1. The molecule has 0 amide bonds. The van der Waals surface area contributed by atoms with Crippen LogP contribution in [0.1, 0.15) is 22.3 Å². The predicted octanol–water partition coefficient (Wildman–Crippen LogP) is 17.5. The van der Waals surface area contributed by atoms with E-state index in [0.717, 1.165) is 39.4 Å². The summed E-state index contributed by atoms with van der Waals surface area (Å²) in [6.45, 7) is 0. The van der Waals surface area contributed by atoms with E-state index in [1.807, 2.05) is 0 Å². The Morgan fingerprint density at radius 3 is 1.45 bits per heavy atom. The molecule has 13 rings (SSSR count). The van der Waals surface area contributed by atoms with E-state index >= 15 is 0 Å². The van der Waals surface area contributed by atoms with Gasteiger partial charge in [-0.15, -0.1) is 0 Å². The molecule has 0 radical (unpaired) electrons. The Kier molecular flexibility index (Phi) is 9.11. The molecule has 2 nitrogen and oxygen atoms in total. The Labute approximate surface area is 391 Å². The molecule has 0 bridgehead atoms. The Hall–Kier alpha value is -8.72. The smallest absolute Gasteiger partial charge is 0.0755 e. The highest BCUT2D eigenvalue weighted by Gasteiger charge is 2.52. The Morgan fingerprint density at radius 1 is 0.284 bits per heavy atom. The topological polar surface area (TPSA) is 6.48 Å². The van der Waals surface area contributed by atoms with Gasteiger partial charge in [-0.05, 0) is 103 Å². The fourth-order valence-corrected chi connectivity index (χ4v) is 11.4. The van der Waals surface area contributed by atoms with Crippen molar-refractivity contribution in [2.24, 2.45) is 0 Å². The second-order valence-corrected chi connectivity index (χ2v) is 17.5. The Bertz CT molecular complexity index is 3610. The van der Waals surface area contributed by atoms with Crippen molar-refractivity contribution >= 4 is 44.9 Å². The van der Waals surface area contributed by atoms with Gasteiger partial charge >= 0.3 is 0 Å². The van der Waals surface area contributed by atoms with Gasteiger partial charge in [0.25, 0.3) is 0 Å². The van der Waals surface area contributed by atoms with Crippen molar-refractivity contribution in [3.05, 3.63) is 289 Å². The number of rotatable bonds is 7. The van der Waals surface area contributed by atoms with Gasteiger partial charge in [0.2, 0.25) is 0 Å². The van der Waals surface area contributed by atoms with Crippen LogP contribution < -0.4 is 9.80 Å². The molecular weight excluding hydrogens is 809 g/mol. The summed E-state index contributed by atoms with van der Waals surface area (Å²) in [6, 6.07) is 98.2. The zero-order valence-corrected chi connectivity index (χ0v) is 36.8. The third-order valence-corrected chi connectivity index (χ3v) is 14.1. The zero-order chi connectivity index (χ0) is 44.3. The van der Waals surface area contributed by atoms with Crippen molar-refractivity contribution in [2.75, 3.05) is 9.80 Å². The van der Waals surface area contributed by atoms with E-state index in [2.05, 4.69) is 277 Å². The number of hydrogen-bond donors (Lipinski definition) is 0. The molecule has 1 aliphatic heterocycles. The second-order valence-electron chi connectivity index (χ2n) is 17.5. The van der Waals surface area contributed by atoms with Crippen LogP contribution in [-0.2, 0) is 5.41 Å². The number of nitrogens with zero attached hydrogens (tertiary/aromatic N) is 2. The van der Waals surface area contributed by atoms with Gasteiger partial charge in [-0.3, -0.25) is 0 Å². The van der Waals surface area contributed by atoms with Crippen LogP contribution in [0.2, 0.25) is 0 Å². The van der Waals surface area contributed by atoms with E-state index in [9.17, 15) is 0 Å². The molecule has 0 saturated heterocycles. The summed E-state index contributed by atoms with van der Waals surface area (Å²) in [5, 5.41) is 2.47. The first kappa shape index (κ1) is 38.7. The van der Waals surface area contributed by atoms with Crippen LogP contribution in [0.5, 0.6) is 0 Å². The van der Waals surface area contributed by atoms with Gasteiger partial charge in [0, 0.05) is 22.4 Å². The monoisotopic (exact) mass is 852 g/mol. The molecule has 11 aromatic carbocycles. The molecule has 2 heteroatoms. The highest BCUT2D eigenvalue weighted by Crippen LogP contribution is 2.65. The Balaban J connectivity index is 1.12. The van der Waals surface area contributed by atoms with Crippen molar-refractivity contribution in [3.8, 4) is 44.5 Å². The number of benzene rings is 11. The van der Waals surface area contributed by atoms with Crippen LogP contribution >= 0.6 is 0 Å². The molecule has 0 N–H and O–H groups in total. The minimum atomic E-state index is -0.606. The molecule has 0 fully saturated rings. The quantitative estimate of drug-likeness (QED) is 0.158. The van der Waals surface area contributed by atoms with Crippen molar-refractivity contribution in [3.63, 3.8) is 0 Å². The summed E-state index contributed by atoms with van der Waals surface area (Å²) in [4.78, 5) is 5.01. The lowest BCUT2D eigenvalue weighted by molar-refractivity contribution is 0.752. The van der Waals surface area contributed by atoms with Crippen LogP contribution in [0.15, 0.2) is 267 Å². The molecular formula is C65H44N2. The summed E-state index contributed by atoms with van der Waals surface area (Å²) in [5.74, 6) is 0. The second kappa shape index (κ2) is 15.8. The van der Waals surface area contributed by atoms with E-state index in [1.54, 1.807) is 0 Å². The maximum Gasteiger partial charge on any atom is 0.0755 e. The van der Waals surface area contributed by atoms with Gasteiger partial charge < -0.3 is 9.80 Å². The predicted molar refractivity (Wildman–Crippen MR) is 280 cm³/mol. The van der Waals surface area contributed by atoms with Gasteiger partial charge in [0.15, 0.2) is 0 Å². The van der Waals surface area contributed by atoms with Crippen LogP contribution in [-0.4, -0.2) is 0 Å². The molecule has 0 saturated carbocycles. The number of fused-ring (bicyclic) bond motifs is 10. The average molecular weight is 853 g/mol. The van der Waals surface area contributed by atoms with E-state index in [4.69, 9.17) is 0 Å². The van der Waals surface area contributed by atoms with E-state index in [1.165, 1.54) is 72.2 Å². The molecule has 1 aliphatic carbocycles. The summed E-state index contributed by atoms with van der Waals surface area (Å²) < 4.78 is 0. The van der Waals surface area contributed by atoms with Crippen LogP contribution in [0.3, 0.4) is 0 Å². The molecule has 11 aromatic rings. The molecule has 314 valence electrons. The first-order valence-electron chi connectivity index (χ1n) is 23.2. The van der Waals surface area contributed by atoms with Crippen molar-refractivity contribution in [1.82, 2.24) is 0 Å². The van der Waals surface area contributed by atoms with E-state index in [0.29, 0.717) is 0 Å². The SMILES string of the molecule is c1ccc(-c2ccccc2N(c2ccccc2-c2ccccc2-c2cccc3ccccc23)c2cccc3c2-c2ccccc2C32c3ccccc3N(c3ccccc3)c3ccccc32)cc1. The van der Waals surface area contributed by atoms with Gasteiger partial charge in [-0.2, -0.15) is 0 Å². The number of para-hydroxylation sites is 5. The largest absolute Gasteiger partial charge is 0.310 e. The molecule has 1 spiro atoms. The van der Waals surface area contributed by atoms with E-state index in [-0.39, 0.29) is 0 Å². The maximum atomic E-state index is 2.56. The van der Waals surface area contributed by atoms with Gasteiger partial charge in [-0.25, -0.2) is 0 Å². The van der Waals surface area contributed by atoms with Gasteiger partial charge in [0.05, 0.1) is 33.9 Å². The standard InChI is InChI=1S/C65H44N2/c1-3-23-46(24-4-1)49-30-12-17-40-59(49)67(60-41-18-13-33-53(60)52-32-10-9-31-51(52)50-35-21-26-45-25-7-8-29-48(45)50)63-44-22-39-58-64(63)54-34-11-14-36-55(54)65(58)56-37-15-19-42-61(56)66(47-27-5-2-6-28-47)62-43-20-16-38-57(62)65/h1-44H. The van der Waals surface area contributed by atoms with E-state index < -0.39 is 5.41 Å². The molecule has 0 unspecified atom stereocenters. The average Bonchev–Trinajstić information content (AvgIpc) is 3.70. The molecule has 0 atom stereocenters. The summed E-state index contributed by atoms with van der Waals surface area (Å²) in [6.07, 6.45) is 0. The van der Waals surface area contributed by atoms with Gasteiger partial charge in [0.1, 0.15) is 0 Å². The third kappa shape index (κ3) is 5.90. The summed E-state index contributed by atoms with van der Waals surface area (Å²) in [5.41, 5.74) is 20.9. The summed E-state index contributed by atoms with van der Waals surface area (Å²) in [7, 11) is 0. The highest BCUT2D eigenvalue weighted by atomic mass is 15.2. The van der Waals surface area contributed by atoms with Crippen LogP contribution in [0.25, 0.3) is 55.3 Å². The zero-order valence-electron chi connectivity index (χ0n) is 36.8. The first-order chi connectivity index (χ1) is 33.3. The lowest BCUT2D eigenvalue weighted by atomic mass is 9.64. The fourth-order valence-electron chi connectivity index (χ4n) is 11.4. The fraction of sp³-hybridized carbons (Fsp3) is 0.0154. The first-order valence-corrected chi connectivity index (χ1v) is 23.2. The minimum absolute atomic E-state index is 0.606.